The lowest BCUT2D eigenvalue weighted by Crippen LogP contribution is -2.49. The van der Waals surface area contributed by atoms with Crippen molar-refractivity contribution in [3.05, 3.63) is 0 Å². The van der Waals surface area contributed by atoms with Gasteiger partial charge in [0, 0.05) is 38.5 Å². The number of sulfone groups is 1. The molecule has 3 N–H and O–H groups in total. The lowest BCUT2D eigenvalue weighted by Gasteiger charge is -2.32. The highest BCUT2D eigenvalue weighted by Crippen LogP contribution is 2.30. The Labute approximate surface area is 120 Å². The first-order valence-electron chi connectivity index (χ1n) is 6.89. The molecule has 1 aliphatic heterocycles. The number of piperazine rings is 1. The van der Waals surface area contributed by atoms with Crippen LogP contribution < -0.4 is 16.0 Å². The number of nitrogens with two attached hydrogens (primary N) is 1. The maximum Gasteiger partial charge on any atom is 0.182 e. The molecule has 0 bridgehead atoms. The number of rotatable bonds is 4. The average Bonchev–Trinajstić information content (AvgIpc) is 2.67. The number of hydrogen-bond acceptors (Lipinski definition) is 6. The van der Waals surface area contributed by atoms with Crippen LogP contribution in [-0.2, 0) is 16.4 Å². The van der Waals surface area contributed by atoms with E-state index in [1.54, 1.807) is 4.68 Å². The average molecular weight is 301 g/mol. The Morgan fingerprint density at radius 1 is 1.50 bits per heavy atom. The van der Waals surface area contributed by atoms with Crippen molar-refractivity contribution in [1.82, 2.24) is 15.1 Å². The molecule has 0 aromatic carbocycles. The lowest BCUT2D eigenvalue weighted by atomic mass is 10.2. The van der Waals surface area contributed by atoms with Crippen molar-refractivity contribution < 1.29 is 8.42 Å². The fraction of sp³-hybridized carbons (Fsp3) is 0.750. The van der Waals surface area contributed by atoms with Crippen LogP contribution in [0.25, 0.3) is 0 Å². The number of nitrogen functional groups attached to an aromatic ring is 1. The summed E-state index contributed by atoms with van der Waals surface area (Å²) < 4.78 is 25.7. The van der Waals surface area contributed by atoms with Gasteiger partial charge in [-0.2, -0.15) is 5.10 Å². The van der Waals surface area contributed by atoms with Gasteiger partial charge < -0.3 is 16.0 Å². The van der Waals surface area contributed by atoms with Crippen molar-refractivity contribution in [2.45, 2.75) is 37.8 Å². The van der Waals surface area contributed by atoms with Gasteiger partial charge in [-0.3, -0.25) is 0 Å². The lowest BCUT2D eigenvalue weighted by molar-refractivity contribution is 0.478. The Morgan fingerprint density at radius 3 is 2.75 bits per heavy atom. The van der Waals surface area contributed by atoms with E-state index in [2.05, 4.69) is 17.3 Å². The number of anilines is 2. The van der Waals surface area contributed by atoms with Gasteiger partial charge in [0.15, 0.2) is 20.6 Å². The molecule has 8 heteroatoms. The standard InChI is InChI=1S/C12H23N5O2S/c1-4-6-17-11(13)10(20(3,18)19)12(15-17)16-7-5-14-9(2)8-16/h9,14H,4-8,13H2,1-3H3/t9-/m0/s1. The summed E-state index contributed by atoms with van der Waals surface area (Å²) in [5.41, 5.74) is 6.00. The van der Waals surface area contributed by atoms with E-state index >= 15 is 0 Å². The third-order valence-electron chi connectivity index (χ3n) is 3.40. The highest BCUT2D eigenvalue weighted by molar-refractivity contribution is 7.91. The number of hydrogen-bond donors (Lipinski definition) is 2. The van der Waals surface area contributed by atoms with Crippen molar-refractivity contribution >= 4 is 21.5 Å². The molecule has 0 spiro atoms. The van der Waals surface area contributed by atoms with E-state index in [-0.39, 0.29) is 10.7 Å². The molecule has 1 aromatic rings. The zero-order valence-electron chi connectivity index (χ0n) is 12.3. The fourth-order valence-electron chi connectivity index (χ4n) is 2.51. The van der Waals surface area contributed by atoms with E-state index < -0.39 is 9.84 Å². The smallest absolute Gasteiger partial charge is 0.182 e. The van der Waals surface area contributed by atoms with Crippen LogP contribution in [0.1, 0.15) is 20.3 Å². The van der Waals surface area contributed by atoms with Crippen LogP contribution in [0.3, 0.4) is 0 Å². The van der Waals surface area contributed by atoms with Gasteiger partial charge in [-0.25, -0.2) is 13.1 Å². The molecule has 1 aromatic heterocycles. The minimum atomic E-state index is -3.40. The fourth-order valence-corrected chi connectivity index (χ4v) is 3.50. The summed E-state index contributed by atoms with van der Waals surface area (Å²) in [6.45, 7) is 6.97. The molecule has 0 radical (unpaired) electrons. The molecule has 114 valence electrons. The van der Waals surface area contributed by atoms with E-state index in [1.807, 2.05) is 11.8 Å². The van der Waals surface area contributed by atoms with Crippen LogP contribution in [0.2, 0.25) is 0 Å². The van der Waals surface area contributed by atoms with Crippen molar-refractivity contribution in [3.8, 4) is 0 Å². The van der Waals surface area contributed by atoms with Gasteiger partial charge in [0.05, 0.1) is 0 Å². The van der Waals surface area contributed by atoms with E-state index in [0.717, 1.165) is 26.1 Å². The Hall–Kier alpha value is -1.28. The van der Waals surface area contributed by atoms with Crippen LogP contribution in [0, 0.1) is 0 Å². The van der Waals surface area contributed by atoms with Crippen LogP contribution in [0.5, 0.6) is 0 Å². The first-order chi connectivity index (χ1) is 9.34. The first kappa shape index (κ1) is 15.1. The predicted molar refractivity (Wildman–Crippen MR) is 79.7 cm³/mol. The van der Waals surface area contributed by atoms with E-state index in [9.17, 15) is 8.42 Å². The Kier molecular flexibility index (Phi) is 4.24. The predicted octanol–water partition coefficient (Wildman–Crippen LogP) is 0.0769. The Morgan fingerprint density at radius 2 is 2.20 bits per heavy atom. The quantitative estimate of drug-likeness (QED) is 0.818. The van der Waals surface area contributed by atoms with Gasteiger partial charge in [-0.1, -0.05) is 6.92 Å². The minimum Gasteiger partial charge on any atom is -0.383 e. The first-order valence-corrected chi connectivity index (χ1v) is 8.78. The molecular formula is C12H23N5O2S. The van der Waals surface area contributed by atoms with Gasteiger partial charge in [-0.05, 0) is 13.3 Å². The van der Waals surface area contributed by atoms with Crippen LogP contribution in [0.15, 0.2) is 4.90 Å². The van der Waals surface area contributed by atoms with E-state index in [1.165, 1.54) is 6.26 Å². The van der Waals surface area contributed by atoms with Gasteiger partial charge in [0.25, 0.3) is 0 Å². The minimum absolute atomic E-state index is 0.167. The topological polar surface area (TPSA) is 93.2 Å². The normalized spacial score (nSPS) is 20.4. The third-order valence-corrected chi connectivity index (χ3v) is 4.54. The summed E-state index contributed by atoms with van der Waals surface area (Å²) in [7, 11) is -3.40. The second-order valence-electron chi connectivity index (χ2n) is 5.33. The van der Waals surface area contributed by atoms with Crippen LogP contribution in [0.4, 0.5) is 11.6 Å². The number of nitrogens with one attached hydrogen (secondary N) is 1. The van der Waals surface area contributed by atoms with Gasteiger partial charge in [0.2, 0.25) is 0 Å². The van der Waals surface area contributed by atoms with Crippen LogP contribution in [-0.4, -0.2) is 50.1 Å². The monoisotopic (exact) mass is 301 g/mol. The molecule has 0 unspecified atom stereocenters. The molecule has 7 nitrogen and oxygen atoms in total. The zero-order chi connectivity index (χ0) is 14.9. The Bertz CT molecular complexity index is 581. The number of aromatic nitrogens is 2. The number of nitrogens with zero attached hydrogens (tertiary/aromatic N) is 3. The second-order valence-corrected chi connectivity index (χ2v) is 7.29. The molecule has 1 atom stereocenters. The van der Waals surface area contributed by atoms with Crippen molar-refractivity contribution in [2.24, 2.45) is 0 Å². The molecule has 2 heterocycles. The largest absolute Gasteiger partial charge is 0.383 e. The van der Waals surface area contributed by atoms with Crippen molar-refractivity contribution in [3.63, 3.8) is 0 Å². The molecule has 0 aliphatic carbocycles. The number of aryl methyl sites for hydroxylation is 1. The molecule has 1 aliphatic rings. The molecule has 20 heavy (non-hydrogen) atoms. The molecule has 1 saturated heterocycles. The van der Waals surface area contributed by atoms with Crippen molar-refractivity contribution in [1.29, 1.82) is 0 Å². The van der Waals surface area contributed by atoms with Gasteiger partial charge in [0.1, 0.15) is 5.82 Å². The summed E-state index contributed by atoms with van der Waals surface area (Å²) in [6.07, 6.45) is 2.04. The van der Waals surface area contributed by atoms with Gasteiger partial charge in [-0.15, -0.1) is 0 Å². The molecular weight excluding hydrogens is 278 g/mol. The maximum absolute atomic E-state index is 12.0. The second kappa shape index (κ2) is 5.61. The summed E-state index contributed by atoms with van der Waals surface area (Å²) in [5, 5.41) is 7.76. The third kappa shape index (κ3) is 2.90. The zero-order valence-corrected chi connectivity index (χ0v) is 13.1. The van der Waals surface area contributed by atoms with E-state index in [4.69, 9.17) is 5.73 Å². The molecule has 2 rings (SSSR count). The maximum atomic E-state index is 12.0. The summed E-state index contributed by atoms with van der Waals surface area (Å²) in [4.78, 5) is 2.17. The van der Waals surface area contributed by atoms with E-state index in [0.29, 0.717) is 18.4 Å². The summed E-state index contributed by atoms with van der Waals surface area (Å²) in [5.74, 6) is 0.738. The Balaban J connectivity index is 2.48. The molecule has 0 amide bonds. The molecule has 0 saturated carbocycles. The SMILES string of the molecule is CCCn1nc(N2CCN[C@@H](C)C2)c(S(C)(=O)=O)c1N. The summed E-state index contributed by atoms with van der Waals surface area (Å²) >= 11 is 0. The van der Waals surface area contributed by atoms with Gasteiger partial charge >= 0.3 is 0 Å². The van der Waals surface area contributed by atoms with Crippen LogP contribution >= 0.6 is 0 Å². The summed E-state index contributed by atoms with van der Waals surface area (Å²) in [6, 6.07) is 0.300. The highest BCUT2D eigenvalue weighted by Gasteiger charge is 2.29. The highest BCUT2D eigenvalue weighted by atomic mass is 32.2. The molecule has 1 fully saturated rings. The van der Waals surface area contributed by atoms with Crippen molar-refractivity contribution in [2.75, 3.05) is 36.5 Å².